The molecule has 0 aliphatic carbocycles. The van der Waals surface area contributed by atoms with Gasteiger partial charge in [0.1, 0.15) is 11.0 Å². The Labute approximate surface area is 110 Å². The standard InChI is InChI=1S/C10H16ClN5O2/c11-7-6-8(16-9(12)15-7)13-4-2-1-3-5-14-10(17)18/h6,14H,1-5H2,(H,17,18)(H3,12,13,15,16). The molecular weight excluding hydrogens is 258 g/mol. The molecule has 1 aromatic rings. The number of nitrogen functional groups attached to an aromatic ring is 1. The predicted molar refractivity (Wildman–Crippen MR) is 69.8 cm³/mol. The minimum atomic E-state index is -0.987. The van der Waals surface area contributed by atoms with E-state index in [-0.39, 0.29) is 5.95 Å². The van der Waals surface area contributed by atoms with Gasteiger partial charge in [0, 0.05) is 19.2 Å². The Balaban J connectivity index is 2.12. The Morgan fingerprint density at radius 1 is 1.33 bits per heavy atom. The Morgan fingerprint density at radius 3 is 2.72 bits per heavy atom. The number of hydrogen-bond acceptors (Lipinski definition) is 5. The Bertz CT molecular complexity index is 382. The van der Waals surface area contributed by atoms with Crippen LogP contribution in [0.4, 0.5) is 16.6 Å². The van der Waals surface area contributed by atoms with Gasteiger partial charge in [0.05, 0.1) is 0 Å². The molecule has 0 aromatic carbocycles. The second-order valence-electron chi connectivity index (χ2n) is 3.65. The van der Waals surface area contributed by atoms with Crippen LogP contribution in [-0.2, 0) is 0 Å². The highest BCUT2D eigenvalue weighted by atomic mass is 35.5. The molecular formula is C10H16ClN5O2. The van der Waals surface area contributed by atoms with Gasteiger partial charge < -0.3 is 21.5 Å². The van der Waals surface area contributed by atoms with Crippen molar-refractivity contribution in [2.75, 3.05) is 24.1 Å². The Morgan fingerprint density at radius 2 is 2.06 bits per heavy atom. The number of amides is 1. The summed E-state index contributed by atoms with van der Waals surface area (Å²) in [6.07, 6.45) is 1.64. The third-order valence-electron chi connectivity index (χ3n) is 2.15. The zero-order valence-electron chi connectivity index (χ0n) is 9.82. The van der Waals surface area contributed by atoms with Gasteiger partial charge in [-0.3, -0.25) is 0 Å². The molecule has 100 valence electrons. The molecule has 7 nitrogen and oxygen atoms in total. The van der Waals surface area contributed by atoms with Crippen LogP contribution in [-0.4, -0.2) is 34.3 Å². The van der Waals surface area contributed by atoms with Crippen molar-refractivity contribution >= 4 is 29.5 Å². The van der Waals surface area contributed by atoms with Gasteiger partial charge in [-0.05, 0) is 19.3 Å². The van der Waals surface area contributed by atoms with E-state index in [9.17, 15) is 4.79 Å². The molecule has 8 heteroatoms. The van der Waals surface area contributed by atoms with E-state index in [1.165, 1.54) is 0 Å². The predicted octanol–water partition coefficient (Wildman–Crippen LogP) is 1.56. The molecule has 0 aliphatic heterocycles. The highest BCUT2D eigenvalue weighted by Gasteiger charge is 1.99. The quantitative estimate of drug-likeness (QED) is 0.443. The van der Waals surface area contributed by atoms with Crippen molar-refractivity contribution in [1.82, 2.24) is 15.3 Å². The zero-order valence-corrected chi connectivity index (χ0v) is 10.6. The van der Waals surface area contributed by atoms with Crippen molar-refractivity contribution in [3.8, 4) is 0 Å². The highest BCUT2D eigenvalue weighted by molar-refractivity contribution is 6.29. The molecule has 0 radical (unpaired) electrons. The fourth-order valence-corrected chi connectivity index (χ4v) is 1.55. The van der Waals surface area contributed by atoms with Crippen LogP contribution in [0.1, 0.15) is 19.3 Å². The molecule has 1 heterocycles. The number of unbranched alkanes of at least 4 members (excludes halogenated alkanes) is 2. The average Bonchev–Trinajstić information content (AvgIpc) is 2.26. The number of carbonyl (C=O) groups is 1. The molecule has 0 fully saturated rings. The van der Waals surface area contributed by atoms with Gasteiger partial charge in [-0.2, -0.15) is 4.98 Å². The van der Waals surface area contributed by atoms with Crippen LogP contribution >= 0.6 is 11.6 Å². The van der Waals surface area contributed by atoms with Gasteiger partial charge >= 0.3 is 6.09 Å². The summed E-state index contributed by atoms with van der Waals surface area (Å²) in [5, 5.41) is 14.0. The highest BCUT2D eigenvalue weighted by Crippen LogP contribution is 2.12. The van der Waals surface area contributed by atoms with Crippen LogP contribution in [0.15, 0.2) is 6.07 Å². The van der Waals surface area contributed by atoms with Crippen molar-refractivity contribution in [3.63, 3.8) is 0 Å². The molecule has 0 bridgehead atoms. The van der Waals surface area contributed by atoms with Crippen LogP contribution < -0.4 is 16.4 Å². The first-order valence-electron chi connectivity index (χ1n) is 5.58. The lowest BCUT2D eigenvalue weighted by molar-refractivity contribution is 0.194. The number of carboxylic acid groups (broad SMARTS) is 1. The van der Waals surface area contributed by atoms with E-state index in [1.807, 2.05) is 0 Å². The third kappa shape index (κ3) is 6.09. The summed E-state index contributed by atoms with van der Waals surface area (Å²) in [4.78, 5) is 17.9. The van der Waals surface area contributed by atoms with Crippen molar-refractivity contribution in [2.45, 2.75) is 19.3 Å². The second kappa shape index (κ2) is 7.54. The lowest BCUT2D eigenvalue weighted by Gasteiger charge is -2.06. The van der Waals surface area contributed by atoms with Crippen LogP contribution in [0.25, 0.3) is 0 Å². The fraction of sp³-hybridized carbons (Fsp3) is 0.500. The molecule has 0 spiro atoms. The largest absolute Gasteiger partial charge is 0.465 e. The smallest absolute Gasteiger partial charge is 0.404 e. The maximum atomic E-state index is 10.2. The lowest BCUT2D eigenvalue weighted by atomic mass is 10.2. The van der Waals surface area contributed by atoms with E-state index >= 15 is 0 Å². The Kier molecular flexibility index (Phi) is 5.99. The van der Waals surface area contributed by atoms with E-state index in [1.54, 1.807) is 6.07 Å². The van der Waals surface area contributed by atoms with Crippen LogP contribution in [0, 0.1) is 0 Å². The van der Waals surface area contributed by atoms with Gasteiger partial charge in [-0.1, -0.05) is 11.6 Å². The van der Waals surface area contributed by atoms with E-state index < -0.39 is 6.09 Å². The number of nitrogens with two attached hydrogens (primary N) is 1. The first-order valence-corrected chi connectivity index (χ1v) is 5.96. The first-order chi connectivity index (χ1) is 8.58. The second-order valence-corrected chi connectivity index (χ2v) is 4.04. The summed E-state index contributed by atoms with van der Waals surface area (Å²) < 4.78 is 0. The number of anilines is 2. The maximum Gasteiger partial charge on any atom is 0.404 e. The number of aromatic nitrogens is 2. The van der Waals surface area contributed by atoms with Crippen molar-refractivity contribution in [2.24, 2.45) is 0 Å². The maximum absolute atomic E-state index is 10.2. The van der Waals surface area contributed by atoms with Crippen molar-refractivity contribution in [1.29, 1.82) is 0 Å². The van der Waals surface area contributed by atoms with Crippen LogP contribution in [0.5, 0.6) is 0 Å². The molecule has 0 saturated heterocycles. The number of halogens is 1. The number of rotatable bonds is 7. The van der Waals surface area contributed by atoms with Gasteiger partial charge in [0.2, 0.25) is 5.95 Å². The molecule has 1 amide bonds. The number of nitrogens with zero attached hydrogens (tertiary/aromatic N) is 2. The summed E-state index contributed by atoms with van der Waals surface area (Å²) in [7, 11) is 0. The molecule has 5 N–H and O–H groups in total. The summed E-state index contributed by atoms with van der Waals surface area (Å²) in [5.41, 5.74) is 5.45. The summed E-state index contributed by atoms with van der Waals surface area (Å²) in [6, 6.07) is 1.60. The molecule has 0 unspecified atom stereocenters. The zero-order chi connectivity index (χ0) is 13.4. The van der Waals surface area contributed by atoms with Crippen molar-refractivity contribution in [3.05, 3.63) is 11.2 Å². The van der Waals surface area contributed by atoms with Gasteiger partial charge in [0.15, 0.2) is 0 Å². The van der Waals surface area contributed by atoms with E-state index in [0.717, 1.165) is 25.8 Å². The van der Waals surface area contributed by atoms with E-state index in [4.69, 9.17) is 22.4 Å². The SMILES string of the molecule is Nc1nc(Cl)cc(NCCCCCNC(=O)O)n1. The number of hydrogen-bond donors (Lipinski definition) is 4. The van der Waals surface area contributed by atoms with E-state index in [0.29, 0.717) is 17.5 Å². The molecule has 18 heavy (non-hydrogen) atoms. The van der Waals surface area contributed by atoms with Gasteiger partial charge in [-0.15, -0.1) is 0 Å². The Hall–Kier alpha value is -1.76. The minimum absolute atomic E-state index is 0.135. The normalized spacial score (nSPS) is 10.1. The topological polar surface area (TPSA) is 113 Å². The third-order valence-corrected chi connectivity index (χ3v) is 2.34. The van der Waals surface area contributed by atoms with Crippen molar-refractivity contribution < 1.29 is 9.90 Å². The van der Waals surface area contributed by atoms with E-state index in [2.05, 4.69) is 20.6 Å². The molecule has 0 aliphatic rings. The van der Waals surface area contributed by atoms with Gasteiger partial charge in [0.25, 0.3) is 0 Å². The first kappa shape index (κ1) is 14.3. The minimum Gasteiger partial charge on any atom is -0.465 e. The average molecular weight is 274 g/mol. The summed E-state index contributed by atoms with van der Waals surface area (Å²) >= 11 is 5.73. The molecule has 0 atom stereocenters. The van der Waals surface area contributed by atoms with Crippen LogP contribution in [0.3, 0.4) is 0 Å². The van der Waals surface area contributed by atoms with Gasteiger partial charge in [-0.25, -0.2) is 9.78 Å². The summed E-state index contributed by atoms with van der Waals surface area (Å²) in [6.45, 7) is 1.20. The van der Waals surface area contributed by atoms with Crippen LogP contribution in [0.2, 0.25) is 5.15 Å². The fourth-order valence-electron chi connectivity index (χ4n) is 1.36. The molecule has 1 aromatic heterocycles. The summed E-state index contributed by atoms with van der Waals surface area (Å²) in [5.74, 6) is 0.729. The lowest BCUT2D eigenvalue weighted by Crippen LogP contribution is -2.21. The monoisotopic (exact) mass is 273 g/mol. The molecule has 0 saturated carbocycles. The number of nitrogens with one attached hydrogen (secondary N) is 2. The molecule has 1 rings (SSSR count).